The highest BCUT2D eigenvalue weighted by Crippen LogP contribution is 2.52. The summed E-state index contributed by atoms with van der Waals surface area (Å²) in [5.41, 5.74) is 9.52. The molecule has 1 fully saturated rings. The number of rotatable bonds is 4. The van der Waals surface area contributed by atoms with Gasteiger partial charge in [0.05, 0.1) is 0 Å². The number of carbonyl (C=O) groups excluding carboxylic acids is 1. The van der Waals surface area contributed by atoms with Gasteiger partial charge >= 0.3 is 0 Å². The molecule has 1 saturated carbocycles. The lowest BCUT2D eigenvalue weighted by atomic mass is 9.84. The van der Waals surface area contributed by atoms with Crippen LogP contribution in [0, 0.1) is 5.82 Å². The van der Waals surface area contributed by atoms with Gasteiger partial charge in [-0.2, -0.15) is 0 Å². The first kappa shape index (κ1) is 16.2. The molecule has 5 heteroatoms. The highest BCUT2D eigenvalue weighted by molar-refractivity contribution is 5.84. The molecule has 2 aromatic carbocycles. The standard InChI is InChI=1S/C20H22FN3O/c21-14-7-5-13(6-8-14)17(22)11-23-19(25)18-15-3-1-2-4-16(15)20(9-10-20)12-24-18/h1-8,17-18,24H,9-12,22H2,(H,23,25). The summed E-state index contributed by atoms with van der Waals surface area (Å²) in [6, 6.07) is 13.6. The average molecular weight is 339 g/mol. The number of fused-ring (bicyclic) bond motifs is 2. The van der Waals surface area contributed by atoms with Crippen molar-refractivity contribution in [3.8, 4) is 0 Å². The molecule has 2 atom stereocenters. The number of halogens is 1. The predicted octanol–water partition coefficient (Wildman–Crippen LogP) is 2.32. The predicted molar refractivity (Wildman–Crippen MR) is 94.4 cm³/mol. The van der Waals surface area contributed by atoms with Crippen molar-refractivity contribution >= 4 is 5.91 Å². The topological polar surface area (TPSA) is 67.1 Å². The summed E-state index contributed by atoms with van der Waals surface area (Å²) in [5.74, 6) is -0.363. The normalized spacial score (nSPS) is 21.4. The quantitative estimate of drug-likeness (QED) is 0.801. The van der Waals surface area contributed by atoms with Crippen LogP contribution in [0.2, 0.25) is 0 Å². The third-order valence-electron chi connectivity index (χ3n) is 5.40. The largest absolute Gasteiger partial charge is 0.353 e. The van der Waals surface area contributed by atoms with Crippen LogP contribution in [0.4, 0.5) is 4.39 Å². The van der Waals surface area contributed by atoms with Gasteiger partial charge in [-0.3, -0.25) is 4.79 Å². The number of hydrogen-bond acceptors (Lipinski definition) is 3. The number of amides is 1. The van der Waals surface area contributed by atoms with Crippen molar-refractivity contribution in [2.24, 2.45) is 5.73 Å². The van der Waals surface area contributed by atoms with Crippen LogP contribution in [0.1, 0.15) is 41.6 Å². The molecule has 2 aliphatic rings. The Hall–Kier alpha value is -2.24. The van der Waals surface area contributed by atoms with E-state index in [2.05, 4.69) is 16.7 Å². The van der Waals surface area contributed by atoms with Crippen LogP contribution < -0.4 is 16.4 Å². The number of nitrogens with two attached hydrogens (primary N) is 1. The van der Waals surface area contributed by atoms with Gasteiger partial charge in [-0.15, -0.1) is 0 Å². The summed E-state index contributed by atoms with van der Waals surface area (Å²) < 4.78 is 13.0. The van der Waals surface area contributed by atoms with E-state index in [1.54, 1.807) is 12.1 Å². The fourth-order valence-electron chi connectivity index (χ4n) is 3.71. The number of hydrogen-bond donors (Lipinski definition) is 3. The van der Waals surface area contributed by atoms with Gasteiger partial charge < -0.3 is 16.4 Å². The van der Waals surface area contributed by atoms with Crippen LogP contribution >= 0.6 is 0 Å². The van der Waals surface area contributed by atoms with E-state index in [1.807, 2.05) is 18.2 Å². The van der Waals surface area contributed by atoms with Gasteiger partial charge in [0.2, 0.25) is 5.91 Å². The molecular formula is C20H22FN3O. The third-order valence-corrected chi connectivity index (χ3v) is 5.40. The van der Waals surface area contributed by atoms with Gasteiger partial charge in [-0.1, -0.05) is 36.4 Å². The monoisotopic (exact) mass is 339 g/mol. The summed E-state index contributed by atoms with van der Waals surface area (Å²) in [6.45, 7) is 1.15. The van der Waals surface area contributed by atoms with Crippen molar-refractivity contribution in [2.45, 2.75) is 30.3 Å². The molecule has 0 radical (unpaired) electrons. The third kappa shape index (κ3) is 3.05. The van der Waals surface area contributed by atoms with E-state index in [0.29, 0.717) is 6.54 Å². The second-order valence-electron chi connectivity index (χ2n) is 7.08. The molecule has 0 aromatic heterocycles. The molecule has 1 spiro atoms. The summed E-state index contributed by atoms with van der Waals surface area (Å²) in [6.07, 6.45) is 2.36. The molecule has 25 heavy (non-hydrogen) atoms. The molecule has 4 N–H and O–H groups in total. The first-order valence-corrected chi connectivity index (χ1v) is 8.71. The van der Waals surface area contributed by atoms with Crippen molar-refractivity contribution in [1.82, 2.24) is 10.6 Å². The Morgan fingerprint density at radius 1 is 1.24 bits per heavy atom. The molecule has 0 saturated heterocycles. The zero-order valence-corrected chi connectivity index (χ0v) is 14.0. The van der Waals surface area contributed by atoms with Gasteiger partial charge in [0.15, 0.2) is 0 Å². The molecule has 4 rings (SSSR count). The van der Waals surface area contributed by atoms with Gasteiger partial charge in [0, 0.05) is 24.5 Å². The zero-order chi connectivity index (χ0) is 17.4. The Labute approximate surface area is 146 Å². The first-order valence-electron chi connectivity index (χ1n) is 8.71. The number of nitrogens with one attached hydrogen (secondary N) is 2. The summed E-state index contributed by atoms with van der Waals surface area (Å²) >= 11 is 0. The minimum absolute atomic E-state index is 0.0690. The van der Waals surface area contributed by atoms with Crippen molar-refractivity contribution < 1.29 is 9.18 Å². The molecule has 1 amide bonds. The Bertz CT molecular complexity index is 786. The van der Waals surface area contributed by atoms with Gasteiger partial charge in [-0.25, -0.2) is 4.39 Å². The van der Waals surface area contributed by atoms with Gasteiger partial charge in [0.1, 0.15) is 11.9 Å². The molecule has 4 nitrogen and oxygen atoms in total. The minimum Gasteiger partial charge on any atom is -0.353 e. The Morgan fingerprint density at radius 2 is 1.96 bits per heavy atom. The van der Waals surface area contributed by atoms with E-state index < -0.39 is 0 Å². The second-order valence-corrected chi connectivity index (χ2v) is 7.08. The molecule has 130 valence electrons. The minimum atomic E-state index is -0.363. The van der Waals surface area contributed by atoms with Crippen LogP contribution in [-0.2, 0) is 10.2 Å². The first-order chi connectivity index (χ1) is 12.1. The van der Waals surface area contributed by atoms with Crippen molar-refractivity contribution in [1.29, 1.82) is 0 Å². The van der Waals surface area contributed by atoms with E-state index in [9.17, 15) is 9.18 Å². The SMILES string of the molecule is NC(CNC(=O)C1NCC2(CC2)c2ccccc21)c1ccc(F)cc1. The number of carbonyl (C=O) groups is 1. The van der Waals surface area contributed by atoms with Crippen LogP contribution in [-0.4, -0.2) is 19.0 Å². The lowest BCUT2D eigenvalue weighted by molar-refractivity contribution is -0.123. The zero-order valence-electron chi connectivity index (χ0n) is 14.0. The van der Waals surface area contributed by atoms with E-state index in [1.165, 1.54) is 30.5 Å². The van der Waals surface area contributed by atoms with Gasteiger partial charge in [-0.05, 0) is 41.7 Å². The van der Waals surface area contributed by atoms with E-state index in [-0.39, 0.29) is 29.2 Å². The number of benzene rings is 2. The highest BCUT2D eigenvalue weighted by Gasteiger charge is 2.49. The van der Waals surface area contributed by atoms with E-state index in [0.717, 1.165) is 17.7 Å². The Balaban J connectivity index is 1.44. The molecule has 1 aliphatic heterocycles. The molecule has 2 aromatic rings. The van der Waals surface area contributed by atoms with Crippen LogP contribution in [0.5, 0.6) is 0 Å². The smallest absolute Gasteiger partial charge is 0.241 e. The van der Waals surface area contributed by atoms with Crippen molar-refractivity contribution in [2.75, 3.05) is 13.1 Å². The molecule has 2 unspecified atom stereocenters. The Kier molecular flexibility index (Phi) is 4.06. The average Bonchev–Trinajstić information content (AvgIpc) is 3.41. The second kappa shape index (κ2) is 6.24. The summed E-state index contributed by atoms with van der Waals surface area (Å²) in [4.78, 5) is 12.7. The summed E-state index contributed by atoms with van der Waals surface area (Å²) in [7, 11) is 0. The van der Waals surface area contributed by atoms with Crippen LogP contribution in [0.3, 0.4) is 0 Å². The molecule has 1 aliphatic carbocycles. The maximum Gasteiger partial charge on any atom is 0.241 e. The maximum atomic E-state index is 13.0. The fraction of sp³-hybridized carbons (Fsp3) is 0.350. The van der Waals surface area contributed by atoms with Crippen LogP contribution in [0.25, 0.3) is 0 Å². The Morgan fingerprint density at radius 3 is 2.68 bits per heavy atom. The molecule has 0 bridgehead atoms. The van der Waals surface area contributed by atoms with Crippen molar-refractivity contribution in [3.05, 3.63) is 71.0 Å². The lowest BCUT2D eigenvalue weighted by Crippen LogP contribution is -2.46. The summed E-state index contributed by atoms with van der Waals surface area (Å²) in [5, 5.41) is 6.33. The van der Waals surface area contributed by atoms with Gasteiger partial charge in [0.25, 0.3) is 0 Å². The van der Waals surface area contributed by atoms with E-state index >= 15 is 0 Å². The maximum absolute atomic E-state index is 13.0. The van der Waals surface area contributed by atoms with Crippen molar-refractivity contribution in [3.63, 3.8) is 0 Å². The van der Waals surface area contributed by atoms with Crippen LogP contribution in [0.15, 0.2) is 48.5 Å². The molecular weight excluding hydrogens is 317 g/mol. The van der Waals surface area contributed by atoms with E-state index in [4.69, 9.17) is 5.73 Å². The molecule has 1 heterocycles. The highest BCUT2D eigenvalue weighted by atomic mass is 19.1. The lowest BCUT2D eigenvalue weighted by Gasteiger charge is -2.32. The fourth-order valence-corrected chi connectivity index (χ4v) is 3.71.